The van der Waals surface area contributed by atoms with Gasteiger partial charge in [0, 0.05) is 11.6 Å². The lowest BCUT2D eigenvalue weighted by molar-refractivity contribution is 0.0694. The van der Waals surface area contributed by atoms with Gasteiger partial charge in [0.1, 0.15) is 11.8 Å². The summed E-state index contributed by atoms with van der Waals surface area (Å²) in [5.41, 5.74) is 1.51. The third kappa shape index (κ3) is 3.81. The number of hydrogen-bond donors (Lipinski definition) is 2. The van der Waals surface area contributed by atoms with Gasteiger partial charge in [-0.25, -0.2) is 9.78 Å². The largest absolute Gasteiger partial charge is 0.478 e. The maximum absolute atomic E-state index is 12.5. The molecule has 2 N–H and O–H groups in total. The topological polar surface area (TPSA) is 88.5 Å². The number of aryl methyl sites for hydroxylation is 1. The van der Waals surface area contributed by atoms with Crippen molar-refractivity contribution < 1.29 is 19.4 Å². The first kappa shape index (κ1) is 17.4. The van der Waals surface area contributed by atoms with Crippen LogP contribution in [-0.4, -0.2) is 34.6 Å². The molecule has 0 saturated carbocycles. The quantitative estimate of drug-likeness (QED) is 0.875. The van der Waals surface area contributed by atoms with Crippen molar-refractivity contribution in [1.82, 2.24) is 10.3 Å². The Labute approximate surface area is 149 Å². The number of aromatic nitrogens is 1. The molecule has 0 aliphatic carbocycles. The second kappa shape index (κ2) is 7.21. The number of halogens is 1. The number of ether oxygens (including phenoxy) is 1. The molecule has 1 aliphatic heterocycles. The van der Waals surface area contributed by atoms with Gasteiger partial charge in [-0.1, -0.05) is 23.7 Å². The molecule has 0 spiro atoms. The molecule has 2 aromatic rings. The molecule has 130 valence electrons. The van der Waals surface area contributed by atoms with E-state index in [9.17, 15) is 9.59 Å². The number of nitrogens with one attached hydrogen (secondary N) is 1. The number of nitrogens with zero attached hydrogens (tertiary/aromatic N) is 1. The Morgan fingerprint density at radius 1 is 1.24 bits per heavy atom. The van der Waals surface area contributed by atoms with Crippen LogP contribution in [-0.2, 0) is 4.74 Å². The van der Waals surface area contributed by atoms with Crippen LogP contribution in [0, 0.1) is 6.92 Å². The summed E-state index contributed by atoms with van der Waals surface area (Å²) < 4.78 is 5.75. The summed E-state index contributed by atoms with van der Waals surface area (Å²) in [6.45, 7) is 2.11. The molecule has 2 heterocycles. The molecule has 6 nitrogen and oxygen atoms in total. The molecule has 0 bridgehead atoms. The van der Waals surface area contributed by atoms with Crippen LogP contribution in [0.4, 0.5) is 0 Å². The highest BCUT2D eigenvalue weighted by Gasteiger charge is 2.31. The normalized spacial score (nSPS) is 19.6. The molecule has 2 unspecified atom stereocenters. The third-order valence-electron chi connectivity index (χ3n) is 4.16. The zero-order valence-corrected chi connectivity index (χ0v) is 14.3. The number of rotatable bonds is 4. The summed E-state index contributed by atoms with van der Waals surface area (Å²) in [7, 11) is 0. The Hall–Kier alpha value is -2.44. The van der Waals surface area contributed by atoms with E-state index in [4.69, 9.17) is 21.4 Å². The molecule has 1 aromatic carbocycles. The molecule has 1 saturated heterocycles. The third-order valence-corrected chi connectivity index (χ3v) is 4.41. The molecule has 1 aromatic heterocycles. The van der Waals surface area contributed by atoms with Gasteiger partial charge in [0.05, 0.1) is 17.3 Å². The Bertz CT molecular complexity index is 807. The average Bonchev–Trinajstić information content (AvgIpc) is 3.03. The summed E-state index contributed by atoms with van der Waals surface area (Å²) in [5.74, 6) is -1.42. The minimum Gasteiger partial charge on any atom is -0.478 e. The number of pyridine rings is 1. The summed E-state index contributed by atoms with van der Waals surface area (Å²) in [6, 6.07) is 9.94. The Morgan fingerprint density at radius 3 is 2.60 bits per heavy atom. The van der Waals surface area contributed by atoms with Gasteiger partial charge >= 0.3 is 5.97 Å². The highest BCUT2D eigenvalue weighted by molar-refractivity contribution is 6.30. The number of aromatic carboxylic acids is 1. The fraction of sp³-hybridized carbons (Fsp3) is 0.278. The van der Waals surface area contributed by atoms with Crippen LogP contribution >= 0.6 is 11.6 Å². The van der Waals surface area contributed by atoms with Gasteiger partial charge in [0.25, 0.3) is 5.91 Å². The van der Waals surface area contributed by atoms with Crippen molar-refractivity contribution in [2.75, 3.05) is 6.61 Å². The predicted molar refractivity (Wildman–Crippen MR) is 91.9 cm³/mol. The lowest BCUT2D eigenvalue weighted by Gasteiger charge is -2.20. The van der Waals surface area contributed by atoms with Crippen molar-refractivity contribution in [3.63, 3.8) is 0 Å². The Morgan fingerprint density at radius 2 is 1.96 bits per heavy atom. The van der Waals surface area contributed by atoms with E-state index in [1.807, 2.05) is 12.1 Å². The molecule has 1 amide bonds. The predicted octanol–water partition coefficient (Wildman–Crippen LogP) is 3.00. The molecular weight excluding hydrogens is 344 g/mol. The number of carbonyl (C=O) groups excluding carboxylic acids is 1. The van der Waals surface area contributed by atoms with Crippen molar-refractivity contribution in [2.45, 2.75) is 25.5 Å². The van der Waals surface area contributed by atoms with Crippen LogP contribution in [0.1, 0.15) is 44.6 Å². The summed E-state index contributed by atoms with van der Waals surface area (Å²) in [4.78, 5) is 27.6. The van der Waals surface area contributed by atoms with E-state index in [2.05, 4.69) is 10.3 Å². The van der Waals surface area contributed by atoms with Crippen molar-refractivity contribution in [2.24, 2.45) is 0 Å². The van der Waals surface area contributed by atoms with E-state index in [-0.39, 0.29) is 29.3 Å². The van der Waals surface area contributed by atoms with Gasteiger partial charge in [0.2, 0.25) is 0 Å². The van der Waals surface area contributed by atoms with E-state index in [1.165, 1.54) is 12.1 Å². The fourth-order valence-corrected chi connectivity index (χ4v) is 3.00. The van der Waals surface area contributed by atoms with Gasteiger partial charge in [-0.3, -0.25) is 4.79 Å². The van der Waals surface area contributed by atoms with Crippen LogP contribution < -0.4 is 5.32 Å². The molecule has 0 radical (unpaired) electrons. The average molecular weight is 361 g/mol. The fourth-order valence-electron chi connectivity index (χ4n) is 2.87. The number of hydrogen-bond acceptors (Lipinski definition) is 4. The molecule has 3 rings (SSSR count). The Balaban J connectivity index is 1.74. The molecular formula is C18H17ClN2O4. The zero-order valence-electron chi connectivity index (χ0n) is 13.5. The first-order valence-corrected chi connectivity index (χ1v) is 8.22. The second-order valence-corrected chi connectivity index (χ2v) is 6.28. The van der Waals surface area contributed by atoms with E-state index < -0.39 is 5.97 Å². The van der Waals surface area contributed by atoms with Crippen molar-refractivity contribution in [3.05, 3.63) is 63.9 Å². The highest BCUT2D eigenvalue weighted by Crippen LogP contribution is 2.30. The number of carboxylic acids is 1. The van der Waals surface area contributed by atoms with Crippen molar-refractivity contribution >= 4 is 23.5 Å². The van der Waals surface area contributed by atoms with Crippen LogP contribution in [0.5, 0.6) is 0 Å². The maximum Gasteiger partial charge on any atom is 0.337 e. The second-order valence-electron chi connectivity index (χ2n) is 5.85. The standard InChI is InChI=1S/C18H17ClN2O4/c1-10-13(18(23)24)6-7-15(20-10)17(22)21-14-8-9-25-16(14)11-2-4-12(19)5-3-11/h2-7,14,16H,8-9H2,1H3,(H,21,22)(H,23,24). The van der Waals surface area contributed by atoms with Crippen molar-refractivity contribution in [3.8, 4) is 0 Å². The summed E-state index contributed by atoms with van der Waals surface area (Å²) in [6.07, 6.45) is 0.436. The molecule has 2 atom stereocenters. The lowest BCUT2D eigenvalue weighted by Crippen LogP contribution is -2.37. The van der Waals surface area contributed by atoms with Gasteiger partial charge < -0.3 is 15.2 Å². The maximum atomic E-state index is 12.5. The smallest absolute Gasteiger partial charge is 0.337 e. The van der Waals surface area contributed by atoms with Gasteiger partial charge in [-0.15, -0.1) is 0 Å². The van der Waals surface area contributed by atoms with Crippen LogP contribution in [0.25, 0.3) is 0 Å². The first-order chi connectivity index (χ1) is 12.0. The monoisotopic (exact) mass is 360 g/mol. The number of carboxylic acid groups (broad SMARTS) is 1. The number of benzene rings is 1. The molecule has 1 aliphatic rings. The molecule has 1 fully saturated rings. The summed E-state index contributed by atoms with van der Waals surface area (Å²) >= 11 is 5.91. The Kier molecular flexibility index (Phi) is 5.01. The van der Waals surface area contributed by atoms with E-state index >= 15 is 0 Å². The minimum absolute atomic E-state index is 0.0831. The lowest BCUT2D eigenvalue weighted by atomic mass is 10.0. The molecule has 7 heteroatoms. The van der Waals surface area contributed by atoms with E-state index in [0.29, 0.717) is 23.7 Å². The minimum atomic E-state index is -1.07. The zero-order chi connectivity index (χ0) is 18.0. The summed E-state index contributed by atoms with van der Waals surface area (Å²) in [5, 5.41) is 12.6. The highest BCUT2D eigenvalue weighted by atomic mass is 35.5. The van der Waals surface area contributed by atoms with Crippen molar-refractivity contribution in [1.29, 1.82) is 0 Å². The number of amides is 1. The van der Waals surface area contributed by atoms with Gasteiger partial charge in [0.15, 0.2) is 0 Å². The molecule has 25 heavy (non-hydrogen) atoms. The number of carbonyl (C=O) groups is 2. The van der Waals surface area contributed by atoms with Crippen LogP contribution in [0.15, 0.2) is 36.4 Å². The van der Waals surface area contributed by atoms with Crippen LogP contribution in [0.2, 0.25) is 5.02 Å². The first-order valence-electron chi connectivity index (χ1n) is 7.84. The van der Waals surface area contributed by atoms with Gasteiger partial charge in [-0.2, -0.15) is 0 Å². The van der Waals surface area contributed by atoms with E-state index in [1.54, 1.807) is 19.1 Å². The SMILES string of the molecule is Cc1nc(C(=O)NC2CCOC2c2ccc(Cl)cc2)ccc1C(=O)O. The van der Waals surface area contributed by atoms with Crippen LogP contribution in [0.3, 0.4) is 0 Å². The van der Waals surface area contributed by atoms with Gasteiger partial charge in [-0.05, 0) is 43.2 Å². The van der Waals surface area contributed by atoms with E-state index in [0.717, 1.165) is 5.56 Å².